The summed E-state index contributed by atoms with van der Waals surface area (Å²) in [6, 6.07) is 16.5. The number of ether oxygens (including phenoxy) is 1. The Morgan fingerprint density at radius 3 is 2.42 bits per heavy atom. The average Bonchev–Trinajstić information content (AvgIpc) is 3.37. The van der Waals surface area contributed by atoms with Crippen LogP contribution in [0.5, 0.6) is 0 Å². The molecule has 0 spiro atoms. The van der Waals surface area contributed by atoms with Gasteiger partial charge in [-0.3, -0.25) is 14.4 Å². The fourth-order valence-corrected chi connectivity index (χ4v) is 4.58. The second-order valence-electron chi connectivity index (χ2n) is 9.84. The number of fused-ring (bicyclic) bond motifs is 1. The molecule has 0 fully saturated rings. The minimum absolute atomic E-state index is 0.00209. The van der Waals surface area contributed by atoms with Gasteiger partial charge in [0.15, 0.2) is 0 Å². The predicted molar refractivity (Wildman–Crippen MR) is 156 cm³/mol. The van der Waals surface area contributed by atoms with Crippen LogP contribution in [0.1, 0.15) is 36.8 Å². The summed E-state index contributed by atoms with van der Waals surface area (Å²) >= 11 is 0. The number of H-pyrrole nitrogens is 1. The second-order valence-corrected chi connectivity index (χ2v) is 9.84. The number of nitrogens with one attached hydrogen (secondary N) is 3. The first-order valence-corrected chi connectivity index (χ1v) is 13.6. The molecule has 2 aromatic carbocycles. The van der Waals surface area contributed by atoms with Crippen LogP contribution in [0, 0.1) is 5.92 Å². The smallest absolute Gasteiger partial charge is 0.306 e. The maximum absolute atomic E-state index is 13.4. The molecular formula is C32H39N3O5. The SMILES string of the molecule is C=CCCC(=O)OC[C@H](Cc1c[nH]c2ccccc12)NC(=O)[C@@H](CC=C)CC(=O)N[C@H](CO)Cc1ccccc1. The third-order valence-electron chi connectivity index (χ3n) is 6.65. The van der Waals surface area contributed by atoms with Crippen molar-refractivity contribution in [1.82, 2.24) is 15.6 Å². The van der Waals surface area contributed by atoms with E-state index in [1.165, 1.54) is 0 Å². The zero-order valence-corrected chi connectivity index (χ0v) is 22.8. The van der Waals surface area contributed by atoms with Gasteiger partial charge in [0.05, 0.1) is 24.6 Å². The Morgan fingerprint density at radius 2 is 1.70 bits per heavy atom. The number of hydrogen-bond acceptors (Lipinski definition) is 5. The van der Waals surface area contributed by atoms with Gasteiger partial charge in [-0.15, -0.1) is 13.2 Å². The van der Waals surface area contributed by atoms with Gasteiger partial charge in [-0.25, -0.2) is 0 Å². The molecule has 212 valence electrons. The van der Waals surface area contributed by atoms with E-state index in [1.54, 1.807) is 12.2 Å². The number of hydrogen-bond donors (Lipinski definition) is 4. The first-order chi connectivity index (χ1) is 19.4. The fraction of sp³-hybridized carbons (Fsp3) is 0.344. The molecule has 0 aliphatic heterocycles. The van der Waals surface area contributed by atoms with Gasteiger partial charge in [0.1, 0.15) is 6.61 Å². The topological polar surface area (TPSA) is 121 Å². The van der Waals surface area contributed by atoms with Crippen LogP contribution in [0.3, 0.4) is 0 Å². The zero-order chi connectivity index (χ0) is 28.7. The molecule has 0 aliphatic rings. The first-order valence-electron chi connectivity index (χ1n) is 13.6. The average molecular weight is 546 g/mol. The number of rotatable bonds is 17. The van der Waals surface area contributed by atoms with Crippen LogP contribution in [-0.2, 0) is 32.0 Å². The lowest BCUT2D eigenvalue weighted by molar-refractivity contribution is -0.145. The quantitative estimate of drug-likeness (QED) is 0.151. The van der Waals surface area contributed by atoms with Crippen molar-refractivity contribution < 1.29 is 24.2 Å². The van der Waals surface area contributed by atoms with Gasteiger partial charge >= 0.3 is 5.97 Å². The number of allylic oxidation sites excluding steroid dienone is 2. The number of amides is 2. The molecule has 1 heterocycles. The van der Waals surface area contributed by atoms with Crippen molar-refractivity contribution in [3.63, 3.8) is 0 Å². The van der Waals surface area contributed by atoms with Crippen molar-refractivity contribution in [3.8, 4) is 0 Å². The van der Waals surface area contributed by atoms with E-state index in [-0.39, 0.29) is 43.8 Å². The Morgan fingerprint density at radius 1 is 0.950 bits per heavy atom. The lowest BCUT2D eigenvalue weighted by Gasteiger charge is -2.23. The Labute approximate surface area is 235 Å². The Balaban J connectivity index is 1.66. The molecule has 0 saturated carbocycles. The molecule has 0 saturated heterocycles. The van der Waals surface area contributed by atoms with Crippen molar-refractivity contribution in [2.75, 3.05) is 13.2 Å². The first kappa shape index (κ1) is 30.4. The predicted octanol–water partition coefficient (Wildman–Crippen LogP) is 4.01. The van der Waals surface area contributed by atoms with Crippen LogP contribution in [0.15, 0.2) is 86.1 Å². The van der Waals surface area contributed by atoms with Crippen molar-refractivity contribution in [2.45, 2.75) is 50.6 Å². The van der Waals surface area contributed by atoms with Crippen LogP contribution < -0.4 is 10.6 Å². The third kappa shape index (κ3) is 9.54. The van der Waals surface area contributed by atoms with Gasteiger partial charge in [-0.2, -0.15) is 0 Å². The lowest BCUT2D eigenvalue weighted by atomic mass is 9.97. The molecule has 40 heavy (non-hydrogen) atoms. The molecule has 0 unspecified atom stereocenters. The van der Waals surface area contributed by atoms with Crippen LogP contribution in [0.2, 0.25) is 0 Å². The van der Waals surface area contributed by atoms with Crippen molar-refractivity contribution >= 4 is 28.7 Å². The molecule has 2 amide bonds. The summed E-state index contributed by atoms with van der Waals surface area (Å²) in [5.41, 5.74) is 2.94. The van der Waals surface area contributed by atoms with Gasteiger partial charge in [-0.05, 0) is 42.9 Å². The molecule has 8 heteroatoms. The maximum Gasteiger partial charge on any atom is 0.306 e. The van der Waals surface area contributed by atoms with E-state index in [4.69, 9.17) is 4.74 Å². The maximum atomic E-state index is 13.4. The van der Waals surface area contributed by atoms with E-state index in [0.717, 1.165) is 22.0 Å². The minimum Gasteiger partial charge on any atom is -0.463 e. The number of para-hydroxylation sites is 1. The molecule has 4 N–H and O–H groups in total. The molecule has 3 aromatic rings. The normalized spacial score (nSPS) is 13.1. The van der Waals surface area contributed by atoms with E-state index in [2.05, 4.69) is 28.8 Å². The molecular weight excluding hydrogens is 506 g/mol. The number of aromatic amines is 1. The fourth-order valence-electron chi connectivity index (χ4n) is 4.58. The number of benzene rings is 2. The zero-order valence-electron chi connectivity index (χ0n) is 22.8. The molecule has 1 aromatic heterocycles. The van der Waals surface area contributed by atoms with Gasteiger partial charge in [-0.1, -0.05) is 60.7 Å². The van der Waals surface area contributed by atoms with E-state index in [9.17, 15) is 19.5 Å². The lowest BCUT2D eigenvalue weighted by Crippen LogP contribution is -2.45. The highest BCUT2D eigenvalue weighted by molar-refractivity contribution is 5.86. The van der Waals surface area contributed by atoms with Gasteiger partial charge in [0.2, 0.25) is 11.8 Å². The van der Waals surface area contributed by atoms with E-state index < -0.39 is 18.0 Å². The van der Waals surface area contributed by atoms with Crippen molar-refractivity contribution in [2.24, 2.45) is 5.92 Å². The third-order valence-corrected chi connectivity index (χ3v) is 6.65. The molecule has 8 nitrogen and oxygen atoms in total. The molecule has 3 rings (SSSR count). The highest BCUT2D eigenvalue weighted by Crippen LogP contribution is 2.20. The Kier molecular flexibility index (Phi) is 12.2. The highest BCUT2D eigenvalue weighted by atomic mass is 16.5. The Hall–Kier alpha value is -4.17. The van der Waals surface area contributed by atoms with Crippen molar-refractivity contribution in [3.05, 3.63) is 97.2 Å². The second kappa shape index (κ2) is 16.1. The van der Waals surface area contributed by atoms with Crippen molar-refractivity contribution in [1.29, 1.82) is 0 Å². The summed E-state index contributed by atoms with van der Waals surface area (Å²) < 4.78 is 5.47. The molecule has 0 aliphatic carbocycles. The van der Waals surface area contributed by atoms with Crippen LogP contribution in [-0.4, -0.2) is 53.2 Å². The molecule has 3 atom stereocenters. The van der Waals surface area contributed by atoms with Gasteiger partial charge in [0, 0.05) is 29.9 Å². The van der Waals surface area contributed by atoms with E-state index >= 15 is 0 Å². The summed E-state index contributed by atoms with van der Waals surface area (Å²) in [6.07, 6.45) is 7.00. The number of carbonyl (C=O) groups is 3. The number of aliphatic hydroxyl groups excluding tert-OH is 1. The number of aromatic nitrogens is 1. The number of esters is 1. The van der Waals surface area contributed by atoms with Crippen LogP contribution >= 0.6 is 0 Å². The van der Waals surface area contributed by atoms with Gasteiger partial charge in [0.25, 0.3) is 0 Å². The monoisotopic (exact) mass is 545 g/mol. The highest BCUT2D eigenvalue weighted by Gasteiger charge is 2.26. The summed E-state index contributed by atoms with van der Waals surface area (Å²) in [5.74, 6) is -1.70. The van der Waals surface area contributed by atoms with Crippen LogP contribution in [0.4, 0.5) is 0 Å². The molecule has 0 bridgehead atoms. The van der Waals surface area contributed by atoms with E-state index in [1.807, 2.05) is 60.8 Å². The summed E-state index contributed by atoms with van der Waals surface area (Å²) in [4.78, 5) is 41.7. The van der Waals surface area contributed by atoms with E-state index in [0.29, 0.717) is 25.7 Å². The van der Waals surface area contributed by atoms with Crippen LogP contribution in [0.25, 0.3) is 10.9 Å². The molecule has 0 radical (unpaired) electrons. The number of carbonyl (C=O) groups excluding carboxylic acids is 3. The minimum atomic E-state index is -0.671. The summed E-state index contributed by atoms with van der Waals surface area (Å²) in [6.45, 7) is 7.16. The van der Waals surface area contributed by atoms with Gasteiger partial charge < -0.3 is 25.5 Å². The summed E-state index contributed by atoms with van der Waals surface area (Å²) in [7, 11) is 0. The standard InChI is InChI=1S/C32H39N3O5/c1-3-5-16-31(38)40-22-27(18-25-20-33-29-15-10-9-14-28(25)29)35-32(39)24(11-4-2)19-30(37)34-26(21-36)17-23-12-7-6-8-13-23/h3-4,6-10,12-15,20,24,26-27,33,36H,1-2,5,11,16-19,21-22H2,(H,34,37)(H,35,39)/t24-,26-,27-/m0/s1. The summed E-state index contributed by atoms with van der Waals surface area (Å²) in [5, 5.41) is 16.7. The Bertz CT molecular complexity index is 1270. The number of aliphatic hydroxyl groups is 1. The largest absolute Gasteiger partial charge is 0.463 e.